The number of carboxylic acids is 1. The van der Waals surface area contributed by atoms with Gasteiger partial charge in [0.1, 0.15) is 0 Å². The zero-order chi connectivity index (χ0) is 13.8. The molecule has 0 aliphatic carbocycles. The van der Waals surface area contributed by atoms with Crippen LogP contribution in [0, 0.1) is 5.41 Å². The highest BCUT2D eigenvalue weighted by Crippen LogP contribution is 2.22. The maximum atomic E-state index is 12.0. The van der Waals surface area contributed by atoms with Crippen LogP contribution in [0.25, 0.3) is 0 Å². The van der Waals surface area contributed by atoms with E-state index in [9.17, 15) is 9.59 Å². The lowest BCUT2D eigenvalue weighted by Crippen LogP contribution is -2.46. The molecule has 0 radical (unpaired) electrons. The van der Waals surface area contributed by atoms with Gasteiger partial charge in [0.25, 0.3) is 0 Å². The Balaban J connectivity index is 2.84. The summed E-state index contributed by atoms with van der Waals surface area (Å²) in [6, 6.07) is -0.532. The highest BCUT2D eigenvalue weighted by atomic mass is 16.4. The molecule has 0 aromatic heterocycles. The first-order valence-corrected chi connectivity index (χ1v) is 6.59. The van der Waals surface area contributed by atoms with Crippen molar-refractivity contribution in [2.75, 3.05) is 19.6 Å². The van der Waals surface area contributed by atoms with Gasteiger partial charge in [0.15, 0.2) is 0 Å². The van der Waals surface area contributed by atoms with E-state index in [2.05, 4.69) is 26.1 Å². The maximum absolute atomic E-state index is 12.0. The van der Waals surface area contributed by atoms with Crippen molar-refractivity contribution in [3.63, 3.8) is 0 Å². The van der Waals surface area contributed by atoms with Crippen molar-refractivity contribution in [3.8, 4) is 0 Å². The summed E-state index contributed by atoms with van der Waals surface area (Å²) in [7, 11) is 0. The SMILES string of the molecule is CCCCN1CC(C)(C)CNC(=O)C1CC(=O)O. The number of unbranched alkanes of at least 4 members (excludes halogenated alkanes) is 1. The molecule has 5 heteroatoms. The van der Waals surface area contributed by atoms with Crippen LogP contribution in [0.5, 0.6) is 0 Å². The van der Waals surface area contributed by atoms with Crippen LogP contribution < -0.4 is 5.32 Å². The van der Waals surface area contributed by atoms with Gasteiger partial charge in [-0.1, -0.05) is 27.2 Å². The van der Waals surface area contributed by atoms with E-state index in [4.69, 9.17) is 5.11 Å². The van der Waals surface area contributed by atoms with Crippen LogP contribution in [-0.4, -0.2) is 47.6 Å². The van der Waals surface area contributed by atoms with E-state index in [1.165, 1.54) is 0 Å². The van der Waals surface area contributed by atoms with E-state index < -0.39 is 12.0 Å². The monoisotopic (exact) mass is 256 g/mol. The average Bonchev–Trinajstić information content (AvgIpc) is 2.37. The Morgan fingerprint density at radius 1 is 1.56 bits per heavy atom. The summed E-state index contributed by atoms with van der Waals surface area (Å²) in [5.74, 6) is -1.07. The molecule has 1 atom stereocenters. The molecule has 1 aliphatic heterocycles. The Labute approximate surface area is 109 Å². The summed E-state index contributed by atoms with van der Waals surface area (Å²) in [4.78, 5) is 24.9. The van der Waals surface area contributed by atoms with Gasteiger partial charge in [-0.2, -0.15) is 0 Å². The fourth-order valence-corrected chi connectivity index (χ4v) is 2.31. The normalized spacial score (nSPS) is 24.4. The van der Waals surface area contributed by atoms with Crippen LogP contribution in [0.4, 0.5) is 0 Å². The van der Waals surface area contributed by atoms with Crippen LogP contribution in [0.15, 0.2) is 0 Å². The zero-order valence-corrected chi connectivity index (χ0v) is 11.5. The minimum absolute atomic E-state index is 0.0172. The Bertz CT molecular complexity index is 315. The van der Waals surface area contributed by atoms with E-state index in [1.807, 2.05) is 4.90 Å². The van der Waals surface area contributed by atoms with Crippen molar-refractivity contribution in [2.45, 2.75) is 46.1 Å². The first kappa shape index (κ1) is 15.0. The summed E-state index contributed by atoms with van der Waals surface area (Å²) in [6.45, 7) is 8.42. The molecule has 1 unspecified atom stereocenters. The predicted molar refractivity (Wildman–Crippen MR) is 69.3 cm³/mol. The number of nitrogens with zero attached hydrogens (tertiary/aromatic N) is 1. The zero-order valence-electron chi connectivity index (χ0n) is 11.5. The van der Waals surface area contributed by atoms with Crippen molar-refractivity contribution in [1.29, 1.82) is 0 Å². The molecule has 1 fully saturated rings. The van der Waals surface area contributed by atoms with Gasteiger partial charge < -0.3 is 10.4 Å². The van der Waals surface area contributed by atoms with Crippen molar-refractivity contribution in [1.82, 2.24) is 10.2 Å². The predicted octanol–water partition coefficient (Wildman–Crippen LogP) is 1.09. The first-order chi connectivity index (χ1) is 8.35. The summed E-state index contributed by atoms with van der Waals surface area (Å²) in [5.41, 5.74) is -0.0172. The minimum Gasteiger partial charge on any atom is -0.481 e. The van der Waals surface area contributed by atoms with E-state index in [0.29, 0.717) is 6.54 Å². The molecule has 2 N–H and O–H groups in total. The molecule has 0 saturated carbocycles. The average molecular weight is 256 g/mol. The molecule has 1 amide bonds. The smallest absolute Gasteiger partial charge is 0.305 e. The van der Waals surface area contributed by atoms with Gasteiger partial charge in [-0.15, -0.1) is 0 Å². The summed E-state index contributed by atoms with van der Waals surface area (Å²) in [5, 5.41) is 11.8. The Morgan fingerprint density at radius 2 is 2.22 bits per heavy atom. The molecule has 104 valence electrons. The third kappa shape index (κ3) is 4.29. The topological polar surface area (TPSA) is 69.6 Å². The Kier molecular flexibility index (Phi) is 5.14. The van der Waals surface area contributed by atoms with E-state index in [1.54, 1.807) is 0 Å². The number of nitrogens with one attached hydrogen (secondary N) is 1. The molecule has 1 rings (SSSR count). The van der Waals surface area contributed by atoms with Crippen LogP contribution in [0.3, 0.4) is 0 Å². The standard InChI is InChI=1S/C13H24N2O3/c1-4-5-6-15-9-13(2,3)8-14-12(18)10(15)7-11(16)17/h10H,4-9H2,1-3H3,(H,14,18)(H,16,17). The Hall–Kier alpha value is -1.10. The third-order valence-electron chi connectivity index (χ3n) is 3.28. The fraction of sp³-hybridized carbons (Fsp3) is 0.846. The third-order valence-corrected chi connectivity index (χ3v) is 3.28. The summed E-state index contributed by atoms with van der Waals surface area (Å²) < 4.78 is 0. The number of rotatable bonds is 5. The second-order valence-corrected chi connectivity index (χ2v) is 5.82. The number of aliphatic carboxylic acids is 1. The van der Waals surface area contributed by atoms with Crippen LogP contribution in [0.2, 0.25) is 0 Å². The molecule has 18 heavy (non-hydrogen) atoms. The largest absolute Gasteiger partial charge is 0.481 e. The lowest BCUT2D eigenvalue weighted by atomic mass is 9.93. The number of carboxylic acid groups (broad SMARTS) is 1. The highest BCUT2D eigenvalue weighted by molar-refractivity contribution is 5.86. The number of carbonyl (C=O) groups is 2. The number of hydrogen-bond acceptors (Lipinski definition) is 3. The molecule has 0 spiro atoms. The van der Waals surface area contributed by atoms with Gasteiger partial charge in [0.2, 0.25) is 5.91 Å². The number of carbonyl (C=O) groups excluding carboxylic acids is 1. The van der Waals surface area contributed by atoms with Crippen molar-refractivity contribution >= 4 is 11.9 Å². The van der Waals surface area contributed by atoms with Crippen LogP contribution in [-0.2, 0) is 9.59 Å². The van der Waals surface area contributed by atoms with Crippen molar-refractivity contribution in [2.24, 2.45) is 5.41 Å². The molecule has 0 aromatic carbocycles. The molecule has 1 heterocycles. The van der Waals surface area contributed by atoms with Gasteiger partial charge in [-0.05, 0) is 18.4 Å². The highest BCUT2D eigenvalue weighted by Gasteiger charge is 2.35. The van der Waals surface area contributed by atoms with E-state index in [-0.39, 0.29) is 17.7 Å². The van der Waals surface area contributed by atoms with Crippen LogP contribution in [0.1, 0.15) is 40.0 Å². The van der Waals surface area contributed by atoms with Gasteiger partial charge in [-0.25, -0.2) is 0 Å². The van der Waals surface area contributed by atoms with Crippen LogP contribution >= 0.6 is 0 Å². The molecular formula is C13H24N2O3. The van der Waals surface area contributed by atoms with Gasteiger partial charge in [0, 0.05) is 13.1 Å². The quantitative estimate of drug-likeness (QED) is 0.772. The molecular weight excluding hydrogens is 232 g/mol. The van der Waals surface area contributed by atoms with Gasteiger partial charge >= 0.3 is 5.97 Å². The lowest BCUT2D eigenvalue weighted by Gasteiger charge is -2.32. The first-order valence-electron chi connectivity index (χ1n) is 6.59. The lowest BCUT2D eigenvalue weighted by molar-refractivity contribution is -0.141. The van der Waals surface area contributed by atoms with E-state index in [0.717, 1.165) is 25.9 Å². The van der Waals surface area contributed by atoms with Gasteiger partial charge in [0.05, 0.1) is 12.5 Å². The minimum atomic E-state index is -0.920. The molecule has 5 nitrogen and oxygen atoms in total. The molecule has 1 aliphatic rings. The van der Waals surface area contributed by atoms with Crippen molar-refractivity contribution < 1.29 is 14.7 Å². The summed E-state index contributed by atoms with van der Waals surface area (Å²) >= 11 is 0. The fourth-order valence-electron chi connectivity index (χ4n) is 2.31. The van der Waals surface area contributed by atoms with Crippen molar-refractivity contribution in [3.05, 3.63) is 0 Å². The number of hydrogen-bond donors (Lipinski definition) is 2. The molecule has 0 bridgehead atoms. The number of amides is 1. The summed E-state index contributed by atoms with van der Waals surface area (Å²) in [6.07, 6.45) is 1.91. The maximum Gasteiger partial charge on any atom is 0.305 e. The second-order valence-electron chi connectivity index (χ2n) is 5.82. The van der Waals surface area contributed by atoms with E-state index >= 15 is 0 Å². The Morgan fingerprint density at radius 3 is 2.78 bits per heavy atom. The molecule has 1 saturated heterocycles. The molecule has 0 aromatic rings. The van der Waals surface area contributed by atoms with Gasteiger partial charge in [-0.3, -0.25) is 14.5 Å². The second kappa shape index (κ2) is 6.18.